The first kappa shape index (κ1) is 29.5. The number of ether oxygens (including phenoxy) is 2. The van der Waals surface area contributed by atoms with Crippen LogP contribution in [0.1, 0.15) is 47.5 Å². The Morgan fingerprint density at radius 2 is 1.70 bits per heavy atom. The highest BCUT2D eigenvalue weighted by molar-refractivity contribution is 6.07. The number of guanidine groups is 1. The van der Waals surface area contributed by atoms with E-state index < -0.39 is 52.0 Å². The van der Waals surface area contributed by atoms with Gasteiger partial charge in [0.25, 0.3) is 5.54 Å². The number of hydrogen-bond donors (Lipinski definition) is 4. The molecule has 188 valence electrons. The molecule has 0 fully saturated rings. The van der Waals surface area contributed by atoms with E-state index >= 15 is 0 Å². The normalized spacial score (nSPS) is 14.6. The molecular weight excluding hydrogens is 442 g/mol. The number of hydrazine groups is 1. The highest BCUT2D eigenvalue weighted by atomic mass is 16.7. The molecule has 0 aliphatic heterocycles. The van der Waals surface area contributed by atoms with Crippen LogP contribution in [0.2, 0.25) is 0 Å². The Hall–Kier alpha value is -3.49. The highest BCUT2D eigenvalue weighted by Gasteiger charge is 2.60. The summed E-state index contributed by atoms with van der Waals surface area (Å²) in [5.41, 5.74) is 12.0. The number of carbonyl (C=O) groups excluding carboxylic acids is 4. The van der Waals surface area contributed by atoms with E-state index in [-0.39, 0.29) is 30.4 Å². The second-order valence-corrected chi connectivity index (χ2v) is 8.25. The summed E-state index contributed by atoms with van der Waals surface area (Å²) in [5.74, 6) is -5.20. The third-order valence-corrected chi connectivity index (χ3v) is 4.15. The largest absolute Gasteiger partial charge is 0.467 e. The summed E-state index contributed by atoms with van der Waals surface area (Å²) in [7, 11) is 0.887. The van der Waals surface area contributed by atoms with Crippen LogP contribution in [-0.2, 0) is 28.7 Å². The van der Waals surface area contributed by atoms with Crippen LogP contribution in [0.5, 0.6) is 0 Å². The topological polar surface area (TPSA) is 236 Å². The molecule has 0 aromatic carbocycles. The maximum Gasteiger partial charge on any atom is 0.350 e. The average Bonchev–Trinajstić information content (AvgIpc) is 2.67. The summed E-state index contributed by atoms with van der Waals surface area (Å²) in [6.45, 7) is 6.60. The number of hydrogen-bond acceptors (Lipinski definition) is 10. The maximum atomic E-state index is 13.2. The summed E-state index contributed by atoms with van der Waals surface area (Å²) in [5, 5.41) is 12.8. The van der Waals surface area contributed by atoms with Crippen molar-refractivity contribution >= 4 is 29.7 Å². The van der Waals surface area contributed by atoms with Gasteiger partial charge >= 0.3 is 17.8 Å². The zero-order valence-electron chi connectivity index (χ0n) is 19.6. The summed E-state index contributed by atoms with van der Waals surface area (Å²) >= 11 is 0. The number of nitro groups is 1. The summed E-state index contributed by atoms with van der Waals surface area (Å²) < 4.78 is 9.71. The van der Waals surface area contributed by atoms with Crippen molar-refractivity contribution in [1.82, 2.24) is 10.3 Å². The van der Waals surface area contributed by atoms with Crippen LogP contribution in [0.25, 0.3) is 0 Å². The van der Waals surface area contributed by atoms with Crippen molar-refractivity contribution in [1.29, 1.82) is 0 Å². The van der Waals surface area contributed by atoms with E-state index in [1.54, 1.807) is 0 Å². The number of nitrogens with two attached hydrogens (primary N) is 3. The molecule has 0 aromatic rings. The van der Waals surface area contributed by atoms with Gasteiger partial charge in [-0.1, -0.05) is 0 Å². The lowest BCUT2D eigenvalue weighted by Gasteiger charge is -2.33. The van der Waals surface area contributed by atoms with E-state index in [0.29, 0.717) is 0 Å². The molecule has 0 aliphatic rings. The van der Waals surface area contributed by atoms with Gasteiger partial charge in [-0.15, -0.1) is 0 Å². The fraction of sp³-hybridized carbons (Fsp3) is 0.722. The van der Waals surface area contributed by atoms with Gasteiger partial charge in [-0.2, -0.15) is 0 Å². The predicted molar refractivity (Wildman–Crippen MR) is 116 cm³/mol. The minimum absolute atomic E-state index is 0.0406. The Balaban J connectivity index is 6.34. The van der Waals surface area contributed by atoms with Gasteiger partial charge in [0.2, 0.25) is 5.91 Å². The molecule has 15 nitrogen and oxygen atoms in total. The number of nitrogens with one attached hydrogen (secondary N) is 1. The van der Waals surface area contributed by atoms with Crippen molar-refractivity contribution in [3.63, 3.8) is 0 Å². The Kier molecular flexibility index (Phi) is 10.7. The number of nitrogens with zero attached hydrogens (tertiary/aromatic N) is 3. The number of esters is 2. The minimum Gasteiger partial charge on any atom is -0.467 e. The van der Waals surface area contributed by atoms with Crippen molar-refractivity contribution in [2.75, 3.05) is 13.7 Å². The fourth-order valence-corrected chi connectivity index (χ4v) is 2.51. The molecule has 0 unspecified atom stereocenters. The second kappa shape index (κ2) is 11.9. The van der Waals surface area contributed by atoms with Crippen LogP contribution in [0.3, 0.4) is 0 Å². The molecule has 0 spiro atoms. The Morgan fingerprint density at radius 1 is 1.15 bits per heavy atom. The van der Waals surface area contributed by atoms with Crippen LogP contribution in [0.4, 0.5) is 0 Å². The lowest BCUT2D eigenvalue weighted by Crippen LogP contribution is -2.67. The van der Waals surface area contributed by atoms with E-state index in [4.69, 9.17) is 21.9 Å². The van der Waals surface area contributed by atoms with Crippen molar-refractivity contribution in [3.8, 4) is 0 Å². The fourth-order valence-electron chi connectivity index (χ4n) is 2.51. The molecular formula is C18H33N7O8. The first-order valence-corrected chi connectivity index (χ1v) is 9.90. The van der Waals surface area contributed by atoms with Crippen molar-refractivity contribution < 1.29 is 33.7 Å². The molecule has 3 atom stereocenters. The summed E-state index contributed by atoms with van der Waals surface area (Å²) in [4.78, 5) is 66.4. The quantitative estimate of drug-likeness (QED) is 0.0493. The number of aliphatic imine (C=N–C) groups is 1. The second-order valence-electron chi connectivity index (χ2n) is 8.25. The molecule has 15 heteroatoms. The average molecular weight is 476 g/mol. The van der Waals surface area contributed by atoms with Crippen LogP contribution in [0, 0.1) is 10.1 Å². The van der Waals surface area contributed by atoms with Crippen LogP contribution < -0.4 is 22.5 Å². The third kappa shape index (κ3) is 8.51. The van der Waals surface area contributed by atoms with E-state index in [9.17, 15) is 29.3 Å². The van der Waals surface area contributed by atoms with Gasteiger partial charge in [0.05, 0.1) is 13.2 Å². The van der Waals surface area contributed by atoms with E-state index in [0.717, 1.165) is 14.0 Å². The molecule has 0 radical (unpaired) electrons. The summed E-state index contributed by atoms with van der Waals surface area (Å²) in [6.07, 6.45) is -0.0650. The highest BCUT2D eigenvalue weighted by Crippen LogP contribution is 2.24. The smallest absolute Gasteiger partial charge is 0.350 e. The number of carbonyl (C=O) groups is 4. The van der Waals surface area contributed by atoms with E-state index in [1.165, 1.54) is 27.7 Å². The monoisotopic (exact) mass is 475 g/mol. The Morgan fingerprint density at radius 3 is 2.09 bits per heavy atom. The van der Waals surface area contributed by atoms with Gasteiger partial charge in [-0.05, 0) is 52.5 Å². The molecule has 0 heterocycles. The van der Waals surface area contributed by atoms with Crippen molar-refractivity contribution in [3.05, 3.63) is 10.1 Å². The number of amides is 2. The molecule has 0 aromatic heterocycles. The first-order valence-electron chi connectivity index (χ1n) is 9.90. The molecule has 0 saturated heterocycles. The molecule has 0 aliphatic carbocycles. The Bertz CT molecular complexity index is 789. The molecule has 33 heavy (non-hydrogen) atoms. The zero-order valence-corrected chi connectivity index (χ0v) is 19.6. The van der Waals surface area contributed by atoms with Gasteiger partial charge in [-0.25, -0.2) is 19.7 Å². The summed E-state index contributed by atoms with van der Waals surface area (Å²) in [6, 6.07) is -2.60. The maximum absolute atomic E-state index is 13.2. The van der Waals surface area contributed by atoms with Gasteiger partial charge in [0, 0.05) is 6.54 Å². The number of rotatable bonds is 11. The van der Waals surface area contributed by atoms with Gasteiger partial charge in [0.15, 0.2) is 11.0 Å². The molecule has 0 rings (SSSR count). The van der Waals surface area contributed by atoms with E-state index in [2.05, 4.69) is 15.0 Å². The van der Waals surface area contributed by atoms with Crippen molar-refractivity contribution in [2.24, 2.45) is 22.2 Å². The minimum atomic E-state index is -2.81. The van der Waals surface area contributed by atoms with E-state index in [1.807, 2.05) is 0 Å². The molecule has 0 bridgehead atoms. The van der Waals surface area contributed by atoms with Gasteiger partial charge < -0.3 is 32.0 Å². The van der Waals surface area contributed by atoms with Gasteiger partial charge in [0.1, 0.15) is 11.6 Å². The van der Waals surface area contributed by atoms with Crippen molar-refractivity contribution in [2.45, 2.75) is 70.7 Å². The third-order valence-electron chi connectivity index (χ3n) is 4.15. The van der Waals surface area contributed by atoms with Crippen LogP contribution in [-0.4, -0.2) is 76.6 Å². The molecule has 7 N–H and O–H groups in total. The predicted octanol–water partition coefficient (Wildman–Crippen LogP) is -1.83. The first-order chi connectivity index (χ1) is 15.0. The molecule has 0 saturated carbocycles. The number of methoxy groups -OCH3 is 1. The Labute approximate surface area is 191 Å². The zero-order chi connectivity index (χ0) is 26.1. The lowest BCUT2D eigenvalue weighted by molar-refractivity contribution is -0.646. The molecule has 2 amide bonds. The standard InChI is InChI=1S/C18H33N7O8/c1-10(19)12(26)23-11(8-7-9-22-16(20)21)13(27)24(25(30)31)18(5,14(28)32-6)15(29)33-17(2,3)4/h10-11H,7-9,19H2,1-6H3,(H,23,26)(H4,20,21,22)/t10-,11-,18-/m0/s1. The van der Waals surface area contributed by atoms with Crippen LogP contribution >= 0.6 is 0 Å². The lowest BCUT2D eigenvalue weighted by atomic mass is 9.99. The van der Waals surface area contributed by atoms with Crippen LogP contribution in [0.15, 0.2) is 4.99 Å². The SMILES string of the molecule is COC(=O)[C@@](C)(C(=O)OC(C)(C)C)N(C(=O)[C@H](CCCN=C(N)N)NC(=O)[C@H](C)N)[N+](=O)[O-]. The van der Waals surface area contributed by atoms with Gasteiger partial charge in [-0.3, -0.25) is 14.6 Å².